The molecule has 1 aliphatic carbocycles. The van der Waals surface area contributed by atoms with Gasteiger partial charge in [0.25, 0.3) is 0 Å². The first-order valence-electron chi connectivity index (χ1n) is 3.85. The highest BCUT2D eigenvalue weighted by Crippen LogP contribution is 2.53. The van der Waals surface area contributed by atoms with Gasteiger partial charge in [-0.05, 0) is 19.1 Å². The van der Waals surface area contributed by atoms with Gasteiger partial charge in [-0.1, -0.05) is 5.16 Å². The highest BCUT2D eigenvalue weighted by atomic mass is 32.2. The molecule has 12 heavy (non-hydrogen) atoms. The highest BCUT2D eigenvalue weighted by molar-refractivity contribution is 8.00. The van der Waals surface area contributed by atoms with Gasteiger partial charge in [-0.2, -0.15) is 16.7 Å². The Hall–Kier alpha value is -0.550. The van der Waals surface area contributed by atoms with E-state index in [1.54, 1.807) is 11.8 Å². The van der Waals surface area contributed by atoms with Gasteiger partial charge in [0, 0.05) is 4.75 Å². The van der Waals surface area contributed by atoms with E-state index in [2.05, 4.69) is 20.9 Å². The molecule has 1 atom stereocenters. The van der Waals surface area contributed by atoms with Crippen molar-refractivity contribution in [1.82, 2.24) is 10.1 Å². The third kappa shape index (κ3) is 1.13. The van der Waals surface area contributed by atoms with Crippen molar-refractivity contribution in [1.29, 1.82) is 0 Å². The van der Waals surface area contributed by atoms with Gasteiger partial charge >= 0.3 is 0 Å². The molecule has 0 radical (unpaired) electrons. The van der Waals surface area contributed by atoms with Crippen LogP contribution in [0.3, 0.4) is 0 Å². The smallest absolute Gasteiger partial charge is 0.213 e. The standard InChI is InChI=1S/C7H11N3OS/c1-12-7(2-3-7)5(8)6-9-4-11-10-6/h4-5H,2-3,8H2,1H3. The van der Waals surface area contributed by atoms with Crippen LogP contribution >= 0.6 is 11.8 Å². The van der Waals surface area contributed by atoms with Crippen LogP contribution in [-0.2, 0) is 0 Å². The molecule has 1 aromatic heterocycles. The molecular formula is C7H11N3OS. The summed E-state index contributed by atoms with van der Waals surface area (Å²) in [6, 6.07) is -0.0775. The Kier molecular flexibility index (Phi) is 1.84. The first-order valence-corrected chi connectivity index (χ1v) is 5.08. The second-order valence-corrected chi connectivity index (χ2v) is 4.26. The Morgan fingerprint density at radius 2 is 2.50 bits per heavy atom. The van der Waals surface area contributed by atoms with Crippen LogP contribution in [0.25, 0.3) is 0 Å². The Morgan fingerprint density at radius 1 is 1.75 bits per heavy atom. The maximum atomic E-state index is 5.98. The van der Waals surface area contributed by atoms with Crippen LogP contribution in [0.4, 0.5) is 0 Å². The molecule has 1 aromatic rings. The van der Waals surface area contributed by atoms with Gasteiger partial charge in [0.2, 0.25) is 6.39 Å². The van der Waals surface area contributed by atoms with Crippen molar-refractivity contribution in [2.75, 3.05) is 6.26 Å². The van der Waals surface area contributed by atoms with E-state index < -0.39 is 0 Å². The molecule has 5 heteroatoms. The largest absolute Gasteiger partial charge is 0.343 e. The number of nitrogens with zero attached hydrogens (tertiary/aromatic N) is 2. The van der Waals surface area contributed by atoms with Crippen LogP contribution in [0.5, 0.6) is 0 Å². The predicted octanol–water partition coefficient (Wildman–Crippen LogP) is 0.965. The molecule has 2 N–H and O–H groups in total. The molecule has 1 unspecified atom stereocenters. The highest BCUT2D eigenvalue weighted by Gasteiger charge is 2.49. The fourth-order valence-electron chi connectivity index (χ4n) is 1.32. The molecule has 1 heterocycles. The Bertz CT molecular complexity index is 258. The zero-order valence-electron chi connectivity index (χ0n) is 6.86. The monoisotopic (exact) mass is 185 g/mol. The summed E-state index contributed by atoms with van der Waals surface area (Å²) in [5, 5.41) is 3.75. The van der Waals surface area contributed by atoms with Crippen LogP contribution < -0.4 is 5.73 Å². The van der Waals surface area contributed by atoms with E-state index in [0.717, 1.165) is 12.8 Å². The fourth-order valence-corrected chi connectivity index (χ4v) is 2.19. The molecule has 0 amide bonds. The molecule has 1 saturated carbocycles. The summed E-state index contributed by atoms with van der Waals surface area (Å²) in [7, 11) is 0. The SMILES string of the molecule is CSC1(C(N)c2ncon2)CC1. The summed E-state index contributed by atoms with van der Waals surface area (Å²) in [5.41, 5.74) is 5.98. The van der Waals surface area contributed by atoms with Gasteiger partial charge in [0.15, 0.2) is 5.82 Å². The van der Waals surface area contributed by atoms with Crippen molar-refractivity contribution in [3.05, 3.63) is 12.2 Å². The summed E-state index contributed by atoms with van der Waals surface area (Å²) in [6.45, 7) is 0. The van der Waals surface area contributed by atoms with Crippen LogP contribution in [0.15, 0.2) is 10.9 Å². The average Bonchev–Trinajstić information content (AvgIpc) is 2.71. The lowest BCUT2D eigenvalue weighted by Gasteiger charge is -2.16. The van der Waals surface area contributed by atoms with E-state index in [9.17, 15) is 0 Å². The lowest BCUT2D eigenvalue weighted by Crippen LogP contribution is -2.26. The van der Waals surface area contributed by atoms with Gasteiger partial charge in [-0.3, -0.25) is 0 Å². The van der Waals surface area contributed by atoms with Crippen molar-refractivity contribution >= 4 is 11.8 Å². The molecule has 1 fully saturated rings. The molecule has 1 aliphatic rings. The van der Waals surface area contributed by atoms with E-state index in [1.807, 2.05) is 0 Å². The molecule has 4 nitrogen and oxygen atoms in total. The quantitative estimate of drug-likeness (QED) is 0.760. The maximum absolute atomic E-state index is 5.98. The lowest BCUT2D eigenvalue weighted by molar-refractivity contribution is 0.402. The summed E-state index contributed by atoms with van der Waals surface area (Å²) in [5.74, 6) is 0.627. The summed E-state index contributed by atoms with van der Waals surface area (Å²) >= 11 is 1.80. The van der Waals surface area contributed by atoms with Crippen molar-refractivity contribution in [3.63, 3.8) is 0 Å². The van der Waals surface area contributed by atoms with Crippen LogP contribution in [0.1, 0.15) is 24.7 Å². The second kappa shape index (κ2) is 2.74. The van der Waals surface area contributed by atoms with Crippen molar-refractivity contribution in [2.45, 2.75) is 23.6 Å². The summed E-state index contributed by atoms with van der Waals surface area (Å²) in [4.78, 5) is 3.95. The molecule has 0 saturated heterocycles. The minimum atomic E-state index is -0.0775. The number of rotatable bonds is 3. The van der Waals surface area contributed by atoms with Gasteiger partial charge in [0.05, 0.1) is 6.04 Å². The van der Waals surface area contributed by atoms with Gasteiger partial charge < -0.3 is 10.3 Å². The predicted molar refractivity (Wildman–Crippen MR) is 46.7 cm³/mol. The Balaban J connectivity index is 2.15. The number of nitrogens with two attached hydrogens (primary N) is 1. The normalized spacial score (nSPS) is 22.2. The number of thioether (sulfide) groups is 1. The fraction of sp³-hybridized carbons (Fsp3) is 0.714. The first kappa shape index (κ1) is 8.07. The molecular weight excluding hydrogens is 174 g/mol. The number of hydrogen-bond acceptors (Lipinski definition) is 5. The van der Waals surface area contributed by atoms with Gasteiger partial charge in [-0.15, -0.1) is 0 Å². The topological polar surface area (TPSA) is 64.9 Å². The Morgan fingerprint density at radius 3 is 2.92 bits per heavy atom. The number of hydrogen-bond donors (Lipinski definition) is 1. The molecule has 66 valence electrons. The van der Waals surface area contributed by atoms with E-state index >= 15 is 0 Å². The zero-order valence-corrected chi connectivity index (χ0v) is 7.67. The van der Waals surface area contributed by atoms with E-state index in [1.165, 1.54) is 6.39 Å². The van der Waals surface area contributed by atoms with Crippen molar-refractivity contribution < 1.29 is 4.52 Å². The minimum absolute atomic E-state index is 0.0775. The average molecular weight is 185 g/mol. The van der Waals surface area contributed by atoms with Crippen molar-refractivity contribution in [2.24, 2.45) is 5.73 Å². The minimum Gasteiger partial charge on any atom is -0.343 e. The molecule has 0 aliphatic heterocycles. The summed E-state index contributed by atoms with van der Waals surface area (Å²) < 4.78 is 4.84. The maximum Gasteiger partial charge on any atom is 0.213 e. The lowest BCUT2D eigenvalue weighted by atomic mass is 10.2. The second-order valence-electron chi connectivity index (χ2n) is 3.04. The third-order valence-corrected chi connectivity index (χ3v) is 3.85. The van der Waals surface area contributed by atoms with E-state index in [4.69, 9.17) is 5.73 Å². The van der Waals surface area contributed by atoms with Gasteiger partial charge in [-0.25, -0.2) is 0 Å². The van der Waals surface area contributed by atoms with Crippen molar-refractivity contribution in [3.8, 4) is 0 Å². The van der Waals surface area contributed by atoms with E-state index in [-0.39, 0.29) is 10.8 Å². The molecule has 0 aromatic carbocycles. The molecule has 0 spiro atoms. The van der Waals surface area contributed by atoms with Crippen LogP contribution in [-0.4, -0.2) is 21.1 Å². The molecule has 0 bridgehead atoms. The zero-order chi connectivity index (χ0) is 8.60. The van der Waals surface area contributed by atoms with Crippen LogP contribution in [0.2, 0.25) is 0 Å². The van der Waals surface area contributed by atoms with E-state index in [0.29, 0.717) is 5.82 Å². The van der Waals surface area contributed by atoms with Crippen LogP contribution in [0, 0.1) is 0 Å². The molecule has 2 rings (SSSR count). The first-order chi connectivity index (χ1) is 5.78. The Labute approximate surface area is 74.9 Å². The van der Waals surface area contributed by atoms with Gasteiger partial charge in [0.1, 0.15) is 0 Å². The third-order valence-electron chi connectivity index (χ3n) is 2.37. The summed E-state index contributed by atoms with van der Waals surface area (Å²) in [6.07, 6.45) is 5.71. The number of aromatic nitrogens is 2.